The van der Waals surface area contributed by atoms with Crippen molar-refractivity contribution in [3.05, 3.63) is 30.1 Å². The summed E-state index contributed by atoms with van der Waals surface area (Å²) in [5.41, 5.74) is 0. The minimum Gasteiger partial charge on any atom is -0.316 e. The van der Waals surface area contributed by atoms with Crippen molar-refractivity contribution in [2.45, 2.75) is 24.8 Å². The molecule has 0 aliphatic carbocycles. The first-order valence-electron chi connectivity index (χ1n) is 5.52. The maximum absolute atomic E-state index is 13.0. The Labute approximate surface area is 102 Å². The van der Waals surface area contributed by atoms with Gasteiger partial charge in [-0.25, -0.2) is 12.8 Å². The van der Waals surface area contributed by atoms with Gasteiger partial charge in [-0.1, -0.05) is 19.9 Å². The Morgan fingerprint density at radius 3 is 2.47 bits per heavy atom. The monoisotopic (exact) mass is 259 g/mol. The smallest absolute Gasteiger partial charge is 0.180 e. The van der Waals surface area contributed by atoms with Crippen LogP contribution in [0.4, 0.5) is 4.39 Å². The molecule has 0 aliphatic rings. The number of hydrogen-bond donors (Lipinski definition) is 1. The van der Waals surface area contributed by atoms with Crippen LogP contribution in [0.15, 0.2) is 29.2 Å². The lowest BCUT2D eigenvalue weighted by molar-refractivity contribution is 0.455. The Morgan fingerprint density at radius 2 is 2.00 bits per heavy atom. The molecule has 0 saturated carbocycles. The highest BCUT2D eigenvalue weighted by molar-refractivity contribution is 7.91. The third-order valence-electron chi connectivity index (χ3n) is 2.73. The maximum atomic E-state index is 13.0. The Morgan fingerprint density at radius 1 is 1.35 bits per heavy atom. The summed E-state index contributed by atoms with van der Waals surface area (Å²) in [6.07, 6.45) is 0. The van der Waals surface area contributed by atoms with Crippen molar-refractivity contribution < 1.29 is 12.8 Å². The van der Waals surface area contributed by atoms with Gasteiger partial charge in [0.05, 0.1) is 10.6 Å². The first-order valence-corrected chi connectivity index (χ1v) is 7.17. The molecule has 17 heavy (non-hydrogen) atoms. The lowest BCUT2D eigenvalue weighted by Crippen LogP contribution is -2.37. The van der Waals surface area contributed by atoms with Gasteiger partial charge in [-0.2, -0.15) is 0 Å². The van der Waals surface area contributed by atoms with Gasteiger partial charge in [0, 0.05) is 6.04 Å². The molecule has 1 aromatic rings. The lowest BCUT2D eigenvalue weighted by atomic mass is 10.1. The second-order valence-electron chi connectivity index (χ2n) is 4.38. The van der Waals surface area contributed by atoms with E-state index in [4.69, 9.17) is 0 Å². The largest absolute Gasteiger partial charge is 0.316 e. The van der Waals surface area contributed by atoms with Crippen LogP contribution in [0, 0.1) is 11.7 Å². The van der Waals surface area contributed by atoms with E-state index >= 15 is 0 Å². The Kier molecular flexibility index (Phi) is 4.65. The molecule has 0 heterocycles. The number of nitrogens with one attached hydrogen (secondary N) is 1. The second kappa shape index (κ2) is 5.60. The molecule has 0 spiro atoms. The zero-order valence-corrected chi connectivity index (χ0v) is 11.1. The van der Waals surface area contributed by atoms with Gasteiger partial charge in [0.15, 0.2) is 9.84 Å². The molecule has 1 atom stereocenters. The summed E-state index contributed by atoms with van der Waals surface area (Å²) in [6.45, 7) is 3.89. The molecule has 1 rings (SSSR count). The average Bonchev–Trinajstić information content (AvgIpc) is 2.25. The first-order chi connectivity index (χ1) is 7.86. The Bertz CT molecular complexity index is 471. The summed E-state index contributed by atoms with van der Waals surface area (Å²) < 4.78 is 37.1. The summed E-state index contributed by atoms with van der Waals surface area (Å²) in [6, 6.07) is 4.99. The Hall–Kier alpha value is -0.940. The molecule has 5 heteroatoms. The molecular formula is C12H18FNO2S. The van der Waals surface area contributed by atoms with Crippen LogP contribution >= 0.6 is 0 Å². The minimum atomic E-state index is -3.44. The van der Waals surface area contributed by atoms with E-state index in [1.807, 2.05) is 13.8 Å². The highest BCUT2D eigenvalue weighted by atomic mass is 32.2. The van der Waals surface area contributed by atoms with Crippen molar-refractivity contribution in [1.29, 1.82) is 0 Å². The molecule has 0 aliphatic heterocycles. The van der Waals surface area contributed by atoms with E-state index in [2.05, 4.69) is 5.32 Å². The van der Waals surface area contributed by atoms with E-state index in [1.165, 1.54) is 18.2 Å². The van der Waals surface area contributed by atoms with Gasteiger partial charge in [-0.3, -0.25) is 0 Å². The van der Waals surface area contributed by atoms with Crippen LogP contribution in [-0.2, 0) is 9.84 Å². The van der Waals surface area contributed by atoms with Gasteiger partial charge in [-0.15, -0.1) is 0 Å². The molecule has 1 N–H and O–H groups in total. The maximum Gasteiger partial charge on any atom is 0.180 e. The number of rotatable bonds is 5. The average molecular weight is 259 g/mol. The number of halogens is 1. The summed E-state index contributed by atoms with van der Waals surface area (Å²) in [4.78, 5) is 0.0402. The molecule has 0 saturated heterocycles. The van der Waals surface area contributed by atoms with Crippen molar-refractivity contribution in [3.8, 4) is 0 Å². The predicted molar refractivity (Wildman–Crippen MR) is 66.1 cm³/mol. The summed E-state index contributed by atoms with van der Waals surface area (Å²) >= 11 is 0. The van der Waals surface area contributed by atoms with E-state index in [-0.39, 0.29) is 22.6 Å². The lowest BCUT2D eigenvalue weighted by Gasteiger charge is -2.19. The molecule has 3 nitrogen and oxygen atoms in total. The molecule has 1 aromatic carbocycles. The van der Waals surface area contributed by atoms with Gasteiger partial charge in [0.25, 0.3) is 0 Å². The summed E-state index contributed by atoms with van der Waals surface area (Å²) in [5, 5.41) is 2.97. The highest BCUT2D eigenvalue weighted by Crippen LogP contribution is 2.15. The molecule has 96 valence electrons. The van der Waals surface area contributed by atoms with Gasteiger partial charge < -0.3 is 5.32 Å². The van der Waals surface area contributed by atoms with Gasteiger partial charge in [0.1, 0.15) is 5.82 Å². The minimum absolute atomic E-state index is 0.0232. The number of hydrogen-bond acceptors (Lipinski definition) is 3. The molecule has 1 unspecified atom stereocenters. The zero-order valence-electron chi connectivity index (χ0n) is 10.3. The fourth-order valence-electron chi connectivity index (χ4n) is 1.60. The van der Waals surface area contributed by atoms with Crippen LogP contribution in [0.1, 0.15) is 13.8 Å². The SMILES string of the molecule is CNC(CS(=O)(=O)c1cccc(F)c1)C(C)C. The van der Waals surface area contributed by atoms with E-state index in [1.54, 1.807) is 7.05 Å². The molecule has 0 aromatic heterocycles. The zero-order chi connectivity index (χ0) is 13.1. The topological polar surface area (TPSA) is 46.2 Å². The highest BCUT2D eigenvalue weighted by Gasteiger charge is 2.22. The van der Waals surface area contributed by atoms with Crippen LogP contribution in [0.2, 0.25) is 0 Å². The molecule has 0 radical (unpaired) electrons. The summed E-state index contributed by atoms with van der Waals surface area (Å²) in [5.74, 6) is -0.357. The van der Waals surface area contributed by atoms with E-state index in [9.17, 15) is 12.8 Å². The van der Waals surface area contributed by atoms with E-state index in [0.29, 0.717) is 0 Å². The van der Waals surface area contributed by atoms with Gasteiger partial charge >= 0.3 is 0 Å². The standard InChI is InChI=1S/C12H18FNO2S/c1-9(2)12(14-3)8-17(15,16)11-6-4-5-10(13)7-11/h4-7,9,12,14H,8H2,1-3H3. The van der Waals surface area contributed by atoms with Crippen LogP contribution in [0.3, 0.4) is 0 Å². The third-order valence-corrected chi connectivity index (χ3v) is 4.50. The molecule has 0 bridgehead atoms. The summed E-state index contributed by atoms with van der Waals surface area (Å²) in [7, 11) is -1.71. The van der Waals surface area contributed by atoms with Gasteiger partial charge in [0.2, 0.25) is 0 Å². The first kappa shape index (κ1) is 14.1. The van der Waals surface area contributed by atoms with E-state index in [0.717, 1.165) is 6.07 Å². The van der Waals surface area contributed by atoms with Crippen molar-refractivity contribution in [1.82, 2.24) is 5.32 Å². The third kappa shape index (κ3) is 3.78. The Balaban J connectivity index is 2.96. The van der Waals surface area contributed by atoms with Crippen LogP contribution in [0.25, 0.3) is 0 Å². The molecule has 0 fully saturated rings. The number of benzene rings is 1. The molecule has 0 amide bonds. The van der Waals surface area contributed by atoms with Crippen LogP contribution in [0.5, 0.6) is 0 Å². The van der Waals surface area contributed by atoms with Crippen molar-refractivity contribution in [3.63, 3.8) is 0 Å². The van der Waals surface area contributed by atoms with Crippen molar-refractivity contribution >= 4 is 9.84 Å². The van der Waals surface area contributed by atoms with E-state index < -0.39 is 15.7 Å². The van der Waals surface area contributed by atoms with Crippen molar-refractivity contribution in [2.24, 2.45) is 5.92 Å². The van der Waals surface area contributed by atoms with Crippen molar-refractivity contribution in [2.75, 3.05) is 12.8 Å². The van der Waals surface area contributed by atoms with Crippen LogP contribution in [-0.4, -0.2) is 27.3 Å². The molecular weight excluding hydrogens is 241 g/mol. The predicted octanol–water partition coefficient (Wildman–Crippen LogP) is 1.84. The van der Waals surface area contributed by atoms with Gasteiger partial charge in [-0.05, 0) is 31.2 Å². The fourth-order valence-corrected chi connectivity index (χ4v) is 3.40. The quantitative estimate of drug-likeness (QED) is 0.877. The second-order valence-corrected chi connectivity index (χ2v) is 6.41. The normalized spacial score (nSPS) is 13.9. The van der Waals surface area contributed by atoms with Crippen LogP contribution < -0.4 is 5.32 Å². The fraction of sp³-hybridized carbons (Fsp3) is 0.500. The number of sulfone groups is 1.